The van der Waals surface area contributed by atoms with Gasteiger partial charge < -0.3 is 15.3 Å². The molecule has 0 bridgehead atoms. The quantitative estimate of drug-likeness (QED) is 0.697. The third-order valence-corrected chi connectivity index (χ3v) is 5.39. The molecular weight excluding hydrogens is 413 g/mol. The lowest BCUT2D eigenvalue weighted by atomic mass is 9.99. The van der Waals surface area contributed by atoms with Crippen molar-refractivity contribution in [2.24, 2.45) is 0 Å². The van der Waals surface area contributed by atoms with E-state index in [4.69, 9.17) is 0 Å². The Morgan fingerprint density at radius 1 is 1.06 bits per heavy atom. The molecule has 31 heavy (non-hydrogen) atoms. The molecule has 164 valence electrons. The van der Waals surface area contributed by atoms with Crippen molar-refractivity contribution >= 4 is 17.8 Å². The van der Waals surface area contributed by atoms with Gasteiger partial charge >= 0.3 is 12.1 Å². The second kappa shape index (κ2) is 8.41. The third kappa shape index (κ3) is 5.04. The summed E-state index contributed by atoms with van der Waals surface area (Å²) in [4.78, 5) is 36.7. The van der Waals surface area contributed by atoms with Crippen LogP contribution in [0.15, 0.2) is 48.5 Å². The Kier molecular flexibility index (Phi) is 6.06. The first-order chi connectivity index (χ1) is 14.5. The van der Waals surface area contributed by atoms with Crippen LogP contribution in [0.1, 0.15) is 35.2 Å². The predicted octanol–water partition coefficient (Wildman–Crippen LogP) is 3.61. The lowest BCUT2D eigenvalue weighted by molar-refractivity contribution is -0.164. The number of likely N-dealkylation sites (N-methyl/N-ethyl adjacent to an activating group) is 1. The molecule has 0 atom stereocenters. The highest BCUT2D eigenvalue weighted by Crippen LogP contribution is 2.42. The molecule has 0 aliphatic heterocycles. The van der Waals surface area contributed by atoms with Crippen LogP contribution in [0.25, 0.3) is 11.1 Å². The molecule has 1 aliphatic carbocycles. The zero-order chi connectivity index (χ0) is 22.8. The van der Waals surface area contributed by atoms with E-state index < -0.39 is 35.9 Å². The largest absolute Gasteiger partial charge is 0.478 e. The maximum atomic E-state index is 12.6. The average Bonchev–Trinajstić information content (AvgIpc) is 3.52. The Hall–Kier alpha value is -3.36. The molecule has 0 aromatic heterocycles. The van der Waals surface area contributed by atoms with Crippen molar-refractivity contribution < 1.29 is 32.7 Å². The Labute approximate surface area is 176 Å². The zero-order valence-electron chi connectivity index (χ0n) is 16.7. The number of benzene rings is 2. The fourth-order valence-electron chi connectivity index (χ4n) is 3.43. The third-order valence-electron chi connectivity index (χ3n) is 5.39. The van der Waals surface area contributed by atoms with E-state index in [0.717, 1.165) is 10.5 Å². The van der Waals surface area contributed by atoms with Gasteiger partial charge in [-0.15, -0.1) is 0 Å². The smallest absolute Gasteiger partial charge is 0.397 e. The van der Waals surface area contributed by atoms with Crippen molar-refractivity contribution in [3.8, 4) is 11.1 Å². The summed E-state index contributed by atoms with van der Waals surface area (Å²) >= 11 is 0. The summed E-state index contributed by atoms with van der Waals surface area (Å²) in [5, 5.41) is 12.0. The second-order valence-electron chi connectivity index (χ2n) is 7.51. The maximum Gasteiger partial charge on any atom is 0.397 e. The summed E-state index contributed by atoms with van der Waals surface area (Å²) in [6.07, 6.45) is -5.61. The number of carbonyl (C=O) groups is 3. The summed E-state index contributed by atoms with van der Waals surface area (Å²) < 4.78 is 37.5. The molecule has 2 amide bonds. The average molecular weight is 434 g/mol. The van der Waals surface area contributed by atoms with Gasteiger partial charge in [-0.05, 0) is 35.6 Å². The van der Waals surface area contributed by atoms with Crippen molar-refractivity contribution in [3.05, 3.63) is 59.7 Å². The summed E-state index contributed by atoms with van der Waals surface area (Å²) in [7, 11) is 1.22. The van der Waals surface area contributed by atoms with Crippen LogP contribution in [0, 0.1) is 0 Å². The minimum Gasteiger partial charge on any atom is -0.478 e. The number of carbonyl (C=O) groups excluding carboxylic acids is 2. The highest BCUT2D eigenvalue weighted by atomic mass is 19.4. The Bertz CT molecular complexity index is 999. The molecular formula is C22H21F3N2O4. The van der Waals surface area contributed by atoms with E-state index in [9.17, 15) is 32.7 Å². The molecule has 0 spiro atoms. The number of hydrogen-bond donors (Lipinski definition) is 2. The molecule has 2 aromatic rings. The molecule has 3 rings (SSSR count). The van der Waals surface area contributed by atoms with Gasteiger partial charge in [-0.3, -0.25) is 9.59 Å². The molecule has 1 saturated carbocycles. The molecule has 0 saturated heterocycles. The van der Waals surface area contributed by atoms with Crippen molar-refractivity contribution in [1.82, 2.24) is 10.2 Å². The minimum absolute atomic E-state index is 0.128. The molecule has 9 heteroatoms. The van der Waals surface area contributed by atoms with Gasteiger partial charge in [0.05, 0.1) is 5.56 Å². The minimum atomic E-state index is -4.63. The first-order valence-electron chi connectivity index (χ1n) is 9.57. The lowest BCUT2D eigenvalue weighted by Crippen LogP contribution is -2.50. The molecule has 0 heterocycles. The Morgan fingerprint density at radius 3 is 2.23 bits per heavy atom. The van der Waals surface area contributed by atoms with Gasteiger partial charge in [-0.2, -0.15) is 13.2 Å². The van der Waals surface area contributed by atoms with Gasteiger partial charge in [0.1, 0.15) is 12.0 Å². The summed E-state index contributed by atoms with van der Waals surface area (Å²) in [5.74, 6) is -2.67. The van der Waals surface area contributed by atoms with E-state index in [1.54, 1.807) is 42.5 Å². The molecule has 0 radical (unpaired) electrons. The van der Waals surface area contributed by atoms with Crippen LogP contribution in [-0.4, -0.2) is 46.6 Å². The van der Waals surface area contributed by atoms with Crippen molar-refractivity contribution in [1.29, 1.82) is 0 Å². The van der Waals surface area contributed by atoms with E-state index >= 15 is 0 Å². The topological polar surface area (TPSA) is 86.7 Å². The lowest BCUT2D eigenvalue weighted by Gasteiger charge is -2.27. The van der Waals surface area contributed by atoms with Crippen LogP contribution in [-0.2, 0) is 16.1 Å². The van der Waals surface area contributed by atoms with Crippen molar-refractivity contribution in [3.63, 3.8) is 0 Å². The number of alkyl halides is 3. The summed E-state index contributed by atoms with van der Waals surface area (Å²) in [6.45, 7) is 0.128. The standard InChI is InChI=1S/C22H21F3N2O4/c1-27(18(28)12-22(23,24)25)21(10-11-21)20(31)26-13-14-6-8-15(9-7-14)16-4-2-3-5-17(16)19(29)30/h2-9H,10-13H2,1H3,(H,26,31)(H,29,30). The van der Waals surface area contributed by atoms with Crippen LogP contribution < -0.4 is 5.32 Å². The highest BCUT2D eigenvalue weighted by Gasteiger charge is 2.55. The SMILES string of the molecule is CN(C(=O)CC(F)(F)F)C1(C(=O)NCc2ccc(-c3ccccc3C(=O)O)cc2)CC1. The number of hydrogen-bond acceptors (Lipinski definition) is 3. The van der Waals surface area contributed by atoms with E-state index in [1.807, 2.05) is 0 Å². The second-order valence-corrected chi connectivity index (χ2v) is 7.51. The van der Waals surface area contributed by atoms with Gasteiger partial charge in [0.25, 0.3) is 0 Å². The number of carboxylic acid groups (broad SMARTS) is 1. The van der Waals surface area contributed by atoms with Gasteiger partial charge in [-0.1, -0.05) is 42.5 Å². The maximum absolute atomic E-state index is 12.6. The summed E-state index contributed by atoms with van der Waals surface area (Å²) in [6, 6.07) is 13.5. The number of nitrogens with one attached hydrogen (secondary N) is 1. The first-order valence-corrected chi connectivity index (χ1v) is 9.57. The Morgan fingerprint density at radius 2 is 1.68 bits per heavy atom. The molecule has 2 aromatic carbocycles. The fourth-order valence-corrected chi connectivity index (χ4v) is 3.43. The monoisotopic (exact) mass is 434 g/mol. The van der Waals surface area contributed by atoms with Gasteiger partial charge in [-0.25, -0.2) is 4.79 Å². The number of nitrogens with zero attached hydrogens (tertiary/aromatic N) is 1. The van der Waals surface area contributed by atoms with Crippen LogP contribution in [0.4, 0.5) is 13.2 Å². The molecule has 2 N–H and O–H groups in total. The van der Waals surface area contributed by atoms with Gasteiger partial charge in [0, 0.05) is 13.6 Å². The van der Waals surface area contributed by atoms with Gasteiger partial charge in [0.15, 0.2) is 0 Å². The number of carboxylic acids is 1. The fraction of sp³-hybridized carbons (Fsp3) is 0.318. The molecule has 1 aliphatic rings. The Balaban J connectivity index is 1.64. The predicted molar refractivity (Wildman–Crippen MR) is 106 cm³/mol. The first kappa shape index (κ1) is 22.3. The number of rotatable bonds is 7. The zero-order valence-corrected chi connectivity index (χ0v) is 16.7. The van der Waals surface area contributed by atoms with Gasteiger partial charge in [0.2, 0.25) is 11.8 Å². The number of halogens is 3. The van der Waals surface area contributed by atoms with E-state index in [0.29, 0.717) is 24.0 Å². The molecule has 1 fully saturated rings. The van der Waals surface area contributed by atoms with E-state index in [-0.39, 0.29) is 12.1 Å². The van der Waals surface area contributed by atoms with Crippen LogP contribution in [0.2, 0.25) is 0 Å². The van der Waals surface area contributed by atoms with Crippen LogP contribution >= 0.6 is 0 Å². The number of aromatic carboxylic acids is 1. The molecule has 6 nitrogen and oxygen atoms in total. The molecule has 0 unspecified atom stereocenters. The van der Waals surface area contributed by atoms with Crippen molar-refractivity contribution in [2.75, 3.05) is 7.05 Å². The van der Waals surface area contributed by atoms with E-state index in [2.05, 4.69) is 5.32 Å². The van der Waals surface area contributed by atoms with E-state index in [1.165, 1.54) is 13.1 Å². The van der Waals surface area contributed by atoms with Crippen molar-refractivity contribution in [2.45, 2.75) is 37.5 Å². The van der Waals surface area contributed by atoms with Crippen LogP contribution in [0.5, 0.6) is 0 Å². The highest BCUT2D eigenvalue weighted by molar-refractivity contribution is 5.96. The summed E-state index contributed by atoms with van der Waals surface area (Å²) in [5.41, 5.74) is 0.926. The normalized spacial score (nSPS) is 14.6. The van der Waals surface area contributed by atoms with Crippen LogP contribution in [0.3, 0.4) is 0 Å². The number of amides is 2.